The van der Waals surface area contributed by atoms with Crippen molar-refractivity contribution in [3.8, 4) is 10.4 Å². The first-order valence-electron chi connectivity index (χ1n) is 8.36. The van der Waals surface area contributed by atoms with Crippen LogP contribution in [0, 0.1) is 0 Å². The first kappa shape index (κ1) is 20.5. The van der Waals surface area contributed by atoms with Crippen LogP contribution >= 0.6 is 34.5 Å². The number of alkyl halides is 1. The van der Waals surface area contributed by atoms with Crippen molar-refractivity contribution >= 4 is 46.3 Å². The van der Waals surface area contributed by atoms with Crippen LogP contribution in [-0.4, -0.2) is 23.0 Å². The second-order valence-corrected chi connectivity index (χ2v) is 7.91. The molecule has 0 radical (unpaired) electrons. The summed E-state index contributed by atoms with van der Waals surface area (Å²) in [5.74, 6) is -1.83. The molecular weight excluding hydrogens is 422 g/mol. The van der Waals surface area contributed by atoms with Crippen molar-refractivity contribution in [2.24, 2.45) is 0 Å². The highest BCUT2D eigenvalue weighted by molar-refractivity contribution is 7.14. The Morgan fingerprint density at radius 3 is 2.36 bits per heavy atom. The highest BCUT2D eigenvalue weighted by Crippen LogP contribution is 2.34. The number of carboxylic acid groups (broad SMARTS) is 1. The Morgan fingerprint density at radius 1 is 1.04 bits per heavy atom. The summed E-state index contributed by atoms with van der Waals surface area (Å²) in [5.41, 5.74) is 1.54. The average Bonchev–Trinajstić information content (AvgIpc) is 3.08. The number of Topliss-reactive ketones (excluding diaryl/α,β-unsaturated/α-hetero) is 1. The zero-order valence-corrected chi connectivity index (χ0v) is 16.8. The van der Waals surface area contributed by atoms with Crippen LogP contribution in [0.3, 0.4) is 0 Å². The van der Waals surface area contributed by atoms with Crippen molar-refractivity contribution in [2.75, 3.05) is 0 Å². The predicted molar refractivity (Wildman–Crippen MR) is 110 cm³/mol. The number of halogens is 3. The minimum Gasteiger partial charge on any atom is -0.478 e. The van der Waals surface area contributed by atoms with Crippen molar-refractivity contribution in [3.63, 3.8) is 0 Å². The SMILES string of the molecule is O=C(O)c1c(CC(=O)[C@H](F)Cc2ccccc2Cl)csc1-c1ccc(Cl)cc1. The molecule has 1 N–H and O–H groups in total. The first-order chi connectivity index (χ1) is 13.4. The van der Waals surface area contributed by atoms with Gasteiger partial charge in [0.2, 0.25) is 0 Å². The Morgan fingerprint density at radius 2 is 1.71 bits per heavy atom. The van der Waals surface area contributed by atoms with Crippen LogP contribution in [0.4, 0.5) is 4.39 Å². The molecule has 0 saturated heterocycles. The smallest absolute Gasteiger partial charge is 0.337 e. The predicted octanol–water partition coefficient (Wildman–Crippen LogP) is 6.11. The molecule has 0 amide bonds. The lowest BCUT2D eigenvalue weighted by atomic mass is 9.98. The second kappa shape index (κ2) is 8.86. The lowest BCUT2D eigenvalue weighted by Crippen LogP contribution is -2.21. The van der Waals surface area contributed by atoms with Crippen LogP contribution in [0.25, 0.3) is 10.4 Å². The summed E-state index contributed by atoms with van der Waals surface area (Å²) in [6.45, 7) is 0. The molecule has 2 aromatic carbocycles. The number of carbonyl (C=O) groups is 2. The van der Waals surface area contributed by atoms with Gasteiger partial charge >= 0.3 is 5.97 Å². The summed E-state index contributed by atoms with van der Waals surface area (Å²) in [6.07, 6.45) is -2.20. The largest absolute Gasteiger partial charge is 0.478 e. The van der Waals surface area contributed by atoms with E-state index >= 15 is 0 Å². The molecule has 0 aliphatic carbocycles. The minimum absolute atomic E-state index is 0.0191. The molecule has 3 aromatic rings. The summed E-state index contributed by atoms with van der Waals surface area (Å²) in [7, 11) is 0. The van der Waals surface area contributed by atoms with Gasteiger partial charge in [-0.05, 0) is 40.3 Å². The van der Waals surface area contributed by atoms with Crippen molar-refractivity contribution in [1.82, 2.24) is 0 Å². The van der Waals surface area contributed by atoms with Gasteiger partial charge in [0, 0.05) is 27.8 Å². The van der Waals surface area contributed by atoms with Crippen molar-refractivity contribution in [3.05, 3.63) is 80.6 Å². The zero-order valence-electron chi connectivity index (χ0n) is 14.5. The Balaban J connectivity index is 1.82. The summed E-state index contributed by atoms with van der Waals surface area (Å²) < 4.78 is 14.5. The number of aromatic carboxylic acids is 1. The van der Waals surface area contributed by atoms with Gasteiger partial charge in [-0.25, -0.2) is 9.18 Å². The van der Waals surface area contributed by atoms with Crippen LogP contribution in [-0.2, 0) is 17.6 Å². The summed E-state index contributed by atoms with van der Waals surface area (Å²) >= 11 is 13.1. The van der Waals surface area contributed by atoms with E-state index in [0.29, 0.717) is 31.6 Å². The molecule has 28 heavy (non-hydrogen) atoms. The van der Waals surface area contributed by atoms with Gasteiger partial charge in [0.15, 0.2) is 12.0 Å². The lowest BCUT2D eigenvalue weighted by Gasteiger charge is -2.09. The van der Waals surface area contributed by atoms with Crippen LogP contribution in [0.5, 0.6) is 0 Å². The highest BCUT2D eigenvalue weighted by Gasteiger charge is 2.25. The van der Waals surface area contributed by atoms with Gasteiger partial charge in [-0.2, -0.15) is 0 Å². The number of carbonyl (C=O) groups excluding carboxylic acids is 1. The van der Waals surface area contributed by atoms with Crippen LogP contribution < -0.4 is 0 Å². The Hall–Kier alpha value is -2.21. The van der Waals surface area contributed by atoms with E-state index in [-0.39, 0.29) is 18.4 Å². The van der Waals surface area contributed by atoms with Gasteiger partial charge in [-0.15, -0.1) is 11.3 Å². The molecule has 1 atom stereocenters. The Bertz CT molecular complexity index is 1010. The van der Waals surface area contributed by atoms with Gasteiger partial charge in [0.1, 0.15) is 0 Å². The molecule has 0 spiro atoms. The lowest BCUT2D eigenvalue weighted by molar-refractivity contribution is -0.123. The van der Waals surface area contributed by atoms with E-state index < -0.39 is 17.9 Å². The number of carboxylic acids is 1. The van der Waals surface area contributed by atoms with Crippen LogP contribution in [0.1, 0.15) is 21.5 Å². The maximum absolute atomic E-state index is 14.5. The average molecular weight is 437 g/mol. The van der Waals surface area contributed by atoms with E-state index in [1.54, 1.807) is 53.9 Å². The molecule has 144 valence electrons. The van der Waals surface area contributed by atoms with Crippen molar-refractivity contribution in [1.29, 1.82) is 0 Å². The molecule has 1 heterocycles. The third-order valence-electron chi connectivity index (χ3n) is 4.26. The van der Waals surface area contributed by atoms with Gasteiger partial charge in [0.05, 0.1) is 5.56 Å². The molecule has 0 aliphatic heterocycles. The van der Waals surface area contributed by atoms with Crippen molar-refractivity contribution < 1.29 is 19.1 Å². The topological polar surface area (TPSA) is 54.4 Å². The summed E-state index contributed by atoms with van der Waals surface area (Å²) in [4.78, 5) is 24.7. The van der Waals surface area contributed by atoms with Gasteiger partial charge in [0.25, 0.3) is 0 Å². The highest BCUT2D eigenvalue weighted by atomic mass is 35.5. The zero-order chi connectivity index (χ0) is 20.3. The third-order valence-corrected chi connectivity index (χ3v) is 5.96. The molecule has 0 unspecified atom stereocenters. The quantitative estimate of drug-likeness (QED) is 0.485. The van der Waals surface area contributed by atoms with E-state index in [1.807, 2.05) is 0 Å². The van der Waals surface area contributed by atoms with E-state index in [9.17, 15) is 19.1 Å². The molecule has 0 fully saturated rings. The van der Waals surface area contributed by atoms with Gasteiger partial charge in [-0.3, -0.25) is 4.79 Å². The fourth-order valence-electron chi connectivity index (χ4n) is 2.84. The number of benzene rings is 2. The van der Waals surface area contributed by atoms with Crippen LogP contribution in [0.15, 0.2) is 53.9 Å². The van der Waals surface area contributed by atoms with Gasteiger partial charge < -0.3 is 5.11 Å². The third kappa shape index (κ3) is 4.61. The molecule has 7 heteroatoms. The first-order valence-corrected chi connectivity index (χ1v) is 10.00. The number of thiophene rings is 1. The number of hydrogen-bond donors (Lipinski definition) is 1. The van der Waals surface area contributed by atoms with Crippen molar-refractivity contribution in [2.45, 2.75) is 19.0 Å². The number of hydrogen-bond acceptors (Lipinski definition) is 3. The normalized spacial score (nSPS) is 12.0. The van der Waals surface area contributed by atoms with Gasteiger partial charge in [-0.1, -0.05) is 53.5 Å². The summed E-state index contributed by atoms with van der Waals surface area (Å²) in [5, 5.41) is 12.2. The fraction of sp³-hybridized carbons (Fsp3) is 0.143. The molecule has 0 bridgehead atoms. The Kier molecular flexibility index (Phi) is 6.50. The minimum atomic E-state index is -1.76. The second-order valence-electron chi connectivity index (χ2n) is 6.18. The number of rotatable bonds is 7. The fourth-order valence-corrected chi connectivity index (χ4v) is 4.25. The number of ketones is 1. The molecular formula is C21H15Cl2FO3S. The molecule has 3 nitrogen and oxygen atoms in total. The van der Waals surface area contributed by atoms with E-state index in [2.05, 4.69) is 0 Å². The molecule has 0 aliphatic rings. The maximum Gasteiger partial charge on any atom is 0.337 e. The molecule has 1 aromatic heterocycles. The van der Waals surface area contributed by atoms with Crippen LogP contribution in [0.2, 0.25) is 10.0 Å². The standard InChI is InChI=1S/C21H15Cl2FO3S/c22-15-7-5-12(6-8-15)20-19(21(26)27)14(11-28-20)10-18(25)17(24)9-13-3-1-2-4-16(13)23/h1-8,11,17H,9-10H2,(H,26,27)/t17-/m1/s1. The van der Waals surface area contributed by atoms with E-state index in [1.165, 1.54) is 11.3 Å². The van der Waals surface area contributed by atoms with E-state index in [0.717, 1.165) is 0 Å². The molecule has 3 rings (SSSR count). The summed E-state index contributed by atoms with van der Waals surface area (Å²) in [6, 6.07) is 13.5. The van der Waals surface area contributed by atoms with E-state index in [4.69, 9.17) is 23.2 Å². The monoisotopic (exact) mass is 436 g/mol. The molecule has 0 saturated carbocycles. The maximum atomic E-state index is 14.5. The Labute approximate surface area is 175 Å².